The van der Waals surface area contributed by atoms with Crippen LogP contribution in [0.5, 0.6) is 0 Å². The van der Waals surface area contributed by atoms with E-state index in [1.54, 1.807) is 12.2 Å². The van der Waals surface area contributed by atoms with Crippen molar-refractivity contribution in [3.8, 4) is 6.07 Å². The van der Waals surface area contributed by atoms with E-state index >= 15 is 0 Å². The number of hydrogen-bond acceptors (Lipinski definition) is 6. The molecule has 2 aliphatic heterocycles. The van der Waals surface area contributed by atoms with Crippen LogP contribution in [0.3, 0.4) is 0 Å². The van der Waals surface area contributed by atoms with E-state index < -0.39 is 0 Å². The van der Waals surface area contributed by atoms with Gasteiger partial charge >= 0.3 is 0 Å². The summed E-state index contributed by atoms with van der Waals surface area (Å²) in [7, 11) is 0. The molecule has 6 heteroatoms. The zero-order chi connectivity index (χ0) is 26.6. The first-order valence-corrected chi connectivity index (χ1v) is 13.9. The molecule has 2 atom stereocenters. The van der Waals surface area contributed by atoms with Crippen molar-refractivity contribution < 1.29 is 9.47 Å². The van der Waals surface area contributed by atoms with Gasteiger partial charge in [0.15, 0.2) is 0 Å². The molecule has 2 aliphatic rings. The molecule has 0 saturated carbocycles. The quantitative estimate of drug-likeness (QED) is 0.125. The Hall–Kier alpha value is -2.85. The summed E-state index contributed by atoms with van der Waals surface area (Å²) >= 11 is 1.84. The molecule has 0 bridgehead atoms. The van der Waals surface area contributed by atoms with Crippen LogP contribution in [0, 0.1) is 17.2 Å². The molecule has 1 saturated heterocycles. The summed E-state index contributed by atoms with van der Waals surface area (Å²) in [6.07, 6.45) is 12.3. The van der Waals surface area contributed by atoms with Crippen molar-refractivity contribution in [3.05, 3.63) is 88.7 Å². The summed E-state index contributed by atoms with van der Waals surface area (Å²) in [4.78, 5) is 5.85. The van der Waals surface area contributed by atoms with Gasteiger partial charge in [-0.25, -0.2) is 4.99 Å². The lowest BCUT2D eigenvalue weighted by molar-refractivity contribution is -0.0613. The minimum atomic E-state index is 0.221. The van der Waals surface area contributed by atoms with Crippen molar-refractivity contribution in [2.75, 3.05) is 19.8 Å². The molecule has 0 aromatic heterocycles. The van der Waals surface area contributed by atoms with Crippen LogP contribution < -0.4 is 5.73 Å². The summed E-state index contributed by atoms with van der Waals surface area (Å²) in [5.74, 6) is 0.952. The van der Waals surface area contributed by atoms with Gasteiger partial charge in [0.05, 0.1) is 31.5 Å². The predicted octanol–water partition coefficient (Wildman–Crippen LogP) is 6.95. The summed E-state index contributed by atoms with van der Waals surface area (Å²) in [6.45, 7) is 14.5. The number of nitrogens with two attached hydrogens (primary N) is 1. The SMILES string of the molecule is C=C/C=C(/N=C\C(=C/C)C1=C(c2ccc(C#N)cc2)CC(C(=C)CCC(N)CCC)S1)OCC1COC1. The van der Waals surface area contributed by atoms with Gasteiger partial charge in [0.2, 0.25) is 5.88 Å². The number of allylic oxidation sites excluding steroid dienone is 5. The summed E-state index contributed by atoms with van der Waals surface area (Å²) in [5.41, 5.74) is 11.6. The molecule has 5 nitrogen and oxygen atoms in total. The van der Waals surface area contributed by atoms with E-state index in [4.69, 9.17) is 15.2 Å². The number of hydrogen-bond donors (Lipinski definition) is 1. The number of ether oxygens (including phenoxy) is 2. The van der Waals surface area contributed by atoms with E-state index in [9.17, 15) is 5.26 Å². The summed E-state index contributed by atoms with van der Waals surface area (Å²) in [5, 5.41) is 9.52. The molecule has 2 unspecified atom stereocenters. The van der Waals surface area contributed by atoms with Gasteiger partial charge in [-0.05, 0) is 62.0 Å². The molecule has 0 aliphatic carbocycles. The molecule has 0 spiro atoms. The van der Waals surface area contributed by atoms with Crippen LogP contribution in [0.4, 0.5) is 0 Å². The Balaban J connectivity index is 1.82. The minimum Gasteiger partial charge on any atom is -0.477 e. The van der Waals surface area contributed by atoms with E-state index in [0.29, 0.717) is 24.0 Å². The lowest BCUT2D eigenvalue weighted by atomic mass is 9.94. The van der Waals surface area contributed by atoms with Crippen LogP contribution in [0.2, 0.25) is 0 Å². The first-order valence-electron chi connectivity index (χ1n) is 13.1. The third-order valence-corrected chi connectivity index (χ3v) is 8.08. The third-order valence-electron chi connectivity index (χ3n) is 6.58. The van der Waals surface area contributed by atoms with Crippen LogP contribution >= 0.6 is 11.8 Å². The van der Waals surface area contributed by atoms with Crippen LogP contribution in [0.25, 0.3) is 5.57 Å². The molecule has 3 rings (SSSR count). The maximum absolute atomic E-state index is 9.25. The number of rotatable bonds is 14. The third kappa shape index (κ3) is 8.33. The molecule has 0 radical (unpaired) electrons. The largest absolute Gasteiger partial charge is 0.477 e. The Morgan fingerprint density at radius 3 is 2.68 bits per heavy atom. The lowest BCUT2D eigenvalue weighted by Gasteiger charge is -2.25. The van der Waals surface area contributed by atoms with Crippen LogP contribution in [0.15, 0.2) is 82.6 Å². The first-order chi connectivity index (χ1) is 18.0. The second-order valence-electron chi connectivity index (χ2n) is 9.51. The van der Waals surface area contributed by atoms with Gasteiger partial charge in [-0.3, -0.25) is 0 Å². The summed E-state index contributed by atoms with van der Waals surface area (Å²) in [6, 6.07) is 10.3. The second-order valence-corrected chi connectivity index (χ2v) is 10.7. The fraction of sp³-hybridized carbons (Fsp3) is 0.419. The monoisotopic (exact) mass is 517 g/mol. The average molecular weight is 518 g/mol. The van der Waals surface area contributed by atoms with Gasteiger partial charge in [-0.2, -0.15) is 5.26 Å². The zero-order valence-electron chi connectivity index (χ0n) is 22.1. The Morgan fingerprint density at radius 2 is 2.08 bits per heavy atom. The van der Waals surface area contributed by atoms with E-state index in [-0.39, 0.29) is 11.3 Å². The maximum Gasteiger partial charge on any atom is 0.213 e. The van der Waals surface area contributed by atoms with Gasteiger partial charge in [0.1, 0.15) is 0 Å². The predicted molar refractivity (Wildman–Crippen MR) is 156 cm³/mol. The molecule has 2 N–H and O–H groups in total. The Morgan fingerprint density at radius 1 is 1.32 bits per heavy atom. The van der Waals surface area contributed by atoms with Gasteiger partial charge in [0.25, 0.3) is 0 Å². The molecule has 196 valence electrons. The van der Waals surface area contributed by atoms with Crippen molar-refractivity contribution >= 4 is 23.5 Å². The standard InChI is InChI=1S/C31H39N3O2S/c1-5-8-27(33)15-10-22(4)29-16-28(26-13-11-23(17-32)12-14-26)31(37-29)25(7-3)18-34-30(9-6-2)36-21-24-19-35-20-24/h6-7,9,11-14,18,24,27,29H,2,4-5,8,10,15-16,19-21,33H2,1,3H3/b25-7+,30-9-,34-18-. The number of nitriles is 1. The van der Waals surface area contributed by atoms with Crippen molar-refractivity contribution in [2.45, 2.75) is 57.2 Å². The van der Waals surface area contributed by atoms with Gasteiger partial charge in [-0.15, -0.1) is 11.8 Å². The minimum absolute atomic E-state index is 0.221. The van der Waals surface area contributed by atoms with Crippen LogP contribution in [-0.4, -0.2) is 37.3 Å². The lowest BCUT2D eigenvalue weighted by Crippen LogP contribution is -2.31. The number of nitrogens with zero attached hydrogens (tertiary/aromatic N) is 2. The highest BCUT2D eigenvalue weighted by Crippen LogP contribution is 2.48. The Kier molecular flexibility index (Phi) is 11.5. The van der Waals surface area contributed by atoms with E-state index in [1.807, 2.05) is 49.2 Å². The highest BCUT2D eigenvalue weighted by Gasteiger charge is 2.29. The highest BCUT2D eigenvalue weighted by atomic mass is 32.2. The zero-order valence-corrected chi connectivity index (χ0v) is 22.9. The average Bonchev–Trinajstić information content (AvgIpc) is 3.32. The topological polar surface area (TPSA) is 80.6 Å². The first kappa shape index (κ1) is 28.7. The van der Waals surface area contributed by atoms with E-state index in [2.05, 4.69) is 37.2 Å². The second kappa shape index (κ2) is 14.8. The molecule has 37 heavy (non-hydrogen) atoms. The molecule has 0 amide bonds. The van der Waals surface area contributed by atoms with Gasteiger partial charge in [0, 0.05) is 33.9 Å². The Bertz CT molecular complexity index is 1100. The summed E-state index contributed by atoms with van der Waals surface area (Å²) < 4.78 is 11.2. The van der Waals surface area contributed by atoms with Gasteiger partial charge in [-0.1, -0.05) is 56.4 Å². The molecule has 1 aromatic carbocycles. The maximum atomic E-state index is 9.25. The van der Waals surface area contributed by atoms with E-state index in [0.717, 1.165) is 56.5 Å². The molecule has 2 heterocycles. The van der Waals surface area contributed by atoms with Crippen molar-refractivity contribution in [1.82, 2.24) is 0 Å². The smallest absolute Gasteiger partial charge is 0.213 e. The van der Waals surface area contributed by atoms with Crippen molar-refractivity contribution in [1.29, 1.82) is 5.26 Å². The van der Waals surface area contributed by atoms with Crippen LogP contribution in [0.1, 0.15) is 57.1 Å². The van der Waals surface area contributed by atoms with Crippen molar-refractivity contribution in [2.24, 2.45) is 16.6 Å². The number of thioether (sulfide) groups is 1. The van der Waals surface area contributed by atoms with Crippen LogP contribution in [-0.2, 0) is 9.47 Å². The normalized spacial score (nSPS) is 19.6. The van der Waals surface area contributed by atoms with Gasteiger partial charge < -0.3 is 15.2 Å². The Labute approximate surface area is 226 Å². The fourth-order valence-corrected chi connectivity index (χ4v) is 5.72. The number of aliphatic imine (C=N–C) groups is 1. The molecular weight excluding hydrogens is 478 g/mol. The van der Waals surface area contributed by atoms with E-state index in [1.165, 1.54) is 16.1 Å². The fourth-order valence-electron chi connectivity index (χ4n) is 4.26. The number of benzene rings is 1. The molecular formula is C31H39N3O2S. The molecule has 1 aromatic rings. The van der Waals surface area contributed by atoms with Crippen molar-refractivity contribution in [3.63, 3.8) is 0 Å². The molecule has 1 fully saturated rings. The highest BCUT2D eigenvalue weighted by molar-refractivity contribution is 8.04.